The summed E-state index contributed by atoms with van der Waals surface area (Å²) in [5.41, 5.74) is 6.00. The zero-order valence-electron chi connectivity index (χ0n) is 12.1. The van der Waals surface area contributed by atoms with Gasteiger partial charge in [-0.05, 0) is 71.2 Å². The molecule has 0 bridgehead atoms. The van der Waals surface area contributed by atoms with Crippen LogP contribution in [-0.4, -0.2) is 54.6 Å². The Kier molecular flexibility index (Phi) is 5.93. The third kappa shape index (κ3) is 4.22. The molecule has 2 fully saturated rings. The van der Waals surface area contributed by atoms with E-state index in [2.05, 4.69) is 16.7 Å². The zero-order chi connectivity index (χ0) is 12.8. The molecule has 2 heterocycles. The van der Waals surface area contributed by atoms with Crippen LogP contribution in [0.2, 0.25) is 0 Å². The maximum atomic E-state index is 6.00. The highest BCUT2D eigenvalue weighted by Gasteiger charge is 2.25. The van der Waals surface area contributed by atoms with Crippen LogP contribution in [0.25, 0.3) is 0 Å². The smallest absolute Gasteiger partial charge is 0.0120 e. The Bertz CT molecular complexity index is 218. The van der Waals surface area contributed by atoms with Crippen molar-refractivity contribution in [3.8, 4) is 0 Å². The molecular weight excluding hydrogens is 222 g/mol. The molecule has 18 heavy (non-hydrogen) atoms. The van der Waals surface area contributed by atoms with Crippen LogP contribution in [0.5, 0.6) is 0 Å². The van der Waals surface area contributed by atoms with Gasteiger partial charge in [-0.2, -0.15) is 0 Å². The lowest BCUT2D eigenvalue weighted by atomic mass is 9.99. The first-order chi connectivity index (χ1) is 8.79. The predicted octanol–water partition coefficient (Wildman–Crippen LogP) is 2.06. The topological polar surface area (TPSA) is 32.5 Å². The first-order valence-corrected chi connectivity index (χ1v) is 8.01. The normalized spacial score (nSPS) is 26.3. The maximum Gasteiger partial charge on any atom is 0.0120 e. The van der Waals surface area contributed by atoms with Crippen LogP contribution in [-0.2, 0) is 0 Å². The molecule has 0 radical (unpaired) electrons. The lowest BCUT2D eigenvalue weighted by Crippen LogP contribution is -2.47. The van der Waals surface area contributed by atoms with Crippen LogP contribution in [0.1, 0.15) is 51.9 Å². The van der Waals surface area contributed by atoms with Crippen molar-refractivity contribution in [1.82, 2.24) is 9.80 Å². The summed E-state index contributed by atoms with van der Waals surface area (Å²) in [4.78, 5) is 5.37. The molecule has 3 nitrogen and oxygen atoms in total. The Morgan fingerprint density at radius 2 is 1.72 bits per heavy atom. The molecule has 0 spiro atoms. The Morgan fingerprint density at radius 3 is 2.33 bits per heavy atom. The minimum Gasteiger partial charge on any atom is -0.328 e. The highest BCUT2D eigenvalue weighted by Crippen LogP contribution is 2.20. The molecule has 0 saturated carbocycles. The minimum absolute atomic E-state index is 0.407. The fourth-order valence-electron chi connectivity index (χ4n) is 3.34. The van der Waals surface area contributed by atoms with Gasteiger partial charge in [0.15, 0.2) is 0 Å². The molecule has 106 valence electrons. The molecule has 3 heteroatoms. The van der Waals surface area contributed by atoms with Crippen molar-refractivity contribution in [2.45, 2.75) is 64.0 Å². The van der Waals surface area contributed by atoms with Gasteiger partial charge in [0.1, 0.15) is 0 Å². The summed E-state index contributed by atoms with van der Waals surface area (Å²) in [5.74, 6) is 0. The third-order valence-electron chi connectivity index (χ3n) is 4.80. The highest BCUT2D eigenvalue weighted by atomic mass is 15.2. The molecule has 2 N–H and O–H groups in total. The van der Waals surface area contributed by atoms with Crippen molar-refractivity contribution < 1.29 is 0 Å². The molecule has 0 aliphatic carbocycles. The molecule has 1 unspecified atom stereocenters. The Labute approximate surface area is 113 Å². The summed E-state index contributed by atoms with van der Waals surface area (Å²) in [5, 5.41) is 0. The molecule has 1 atom stereocenters. The van der Waals surface area contributed by atoms with Gasteiger partial charge < -0.3 is 15.5 Å². The van der Waals surface area contributed by atoms with E-state index in [4.69, 9.17) is 5.73 Å². The van der Waals surface area contributed by atoms with Gasteiger partial charge in [-0.15, -0.1) is 0 Å². The molecular formula is C15H31N3. The van der Waals surface area contributed by atoms with Crippen LogP contribution in [0.4, 0.5) is 0 Å². The molecule has 0 aromatic carbocycles. The van der Waals surface area contributed by atoms with Crippen molar-refractivity contribution >= 4 is 0 Å². The maximum absolute atomic E-state index is 6.00. The molecule has 2 aliphatic heterocycles. The van der Waals surface area contributed by atoms with E-state index in [0.717, 1.165) is 12.5 Å². The van der Waals surface area contributed by atoms with E-state index in [0.29, 0.717) is 6.04 Å². The highest BCUT2D eigenvalue weighted by molar-refractivity contribution is 4.81. The molecule has 2 aliphatic rings. The molecule has 0 aromatic heterocycles. The first kappa shape index (κ1) is 14.3. The number of hydrogen-bond acceptors (Lipinski definition) is 3. The summed E-state index contributed by atoms with van der Waals surface area (Å²) in [6.45, 7) is 8.68. The van der Waals surface area contributed by atoms with E-state index in [1.807, 2.05) is 0 Å². The van der Waals surface area contributed by atoms with Crippen molar-refractivity contribution in [2.75, 3.05) is 32.7 Å². The lowest BCUT2D eigenvalue weighted by molar-refractivity contribution is 0.0912. The summed E-state index contributed by atoms with van der Waals surface area (Å²) >= 11 is 0. The summed E-state index contributed by atoms with van der Waals surface area (Å²) in [7, 11) is 0. The number of hydrogen-bond donors (Lipinski definition) is 1. The fraction of sp³-hybridized carbons (Fsp3) is 1.00. The average molecular weight is 253 g/mol. The lowest BCUT2D eigenvalue weighted by Gasteiger charge is -2.40. The van der Waals surface area contributed by atoms with Gasteiger partial charge in [0, 0.05) is 12.1 Å². The summed E-state index contributed by atoms with van der Waals surface area (Å²) in [6, 6.07) is 1.28. The van der Waals surface area contributed by atoms with Crippen LogP contribution < -0.4 is 5.73 Å². The average Bonchev–Trinajstić information content (AvgIpc) is 2.46. The third-order valence-corrected chi connectivity index (χ3v) is 4.80. The molecule has 2 saturated heterocycles. The van der Waals surface area contributed by atoms with Gasteiger partial charge in [0.25, 0.3) is 0 Å². The van der Waals surface area contributed by atoms with Gasteiger partial charge in [-0.3, -0.25) is 0 Å². The summed E-state index contributed by atoms with van der Waals surface area (Å²) in [6.07, 6.45) is 9.33. The Hall–Kier alpha value is -0.120. The van der Waals surface area contributed by atoms with Crippen molar-refractivity contribution in [3.05, 3.63) is 0 Å². The standard InChI is InChI=1S/C15H31N3/c1-2-14(16)6-11-17-12-7-15(8-13-17)18-9-4-3-5-10-18/h14-15H,2-13,16H2,1H3. The van der Waals surface area contributed by atoms with E-state index in [9.17, 15) is 0 Å². The van der Waals surface area contributed by atoms with Gasteiger partial charge in [-0.1, -0.05) is 13.3 Å². The van der Waals surface area contributed by atoms with Gasteiger partial charge in [0.05, 0.1) is 0 Å². The number of rotatable bonds is 5. The monoisotopic (exact) mass is 253 g/mol. The second-order valence-electron chi connectivity index (χ2n) is 6.13. The van der Waals surface area contributed by atoms with Gasteiger partial charge in [-0.25, -0.2) is 0 Å². The SMILES string of the molecule is CCC(N)CCN1CCC(N2CCCCC2)CC1. The van der Waals surface area contributed by atoms with Crippen LogP contribution >= 0.6 is 0 Å². The number of nitrogens with two attached hydrogens (primary N) is 1. The quantitative estimate of drug-likeness (QED) is 0.814. The molecule has 0 aromatic rings. The number of nitrogens with zero attached hydrogens (tertiary/aromatic N) is 2. The van der Waals surface area contributed by atoms with Crippen molar-refractivity contribution in [3.63, 3.8) is 0 Å². The van der Waals surface area contributed by atoms with Crippen LogP contribution in [0.15, 0.2) is 0 Å². The minimum atomic E-state index is 0.407. The molecule has 2 rings (SSSR count). The Balaban J connectivity index is 1.64. The van der Waals surface area contributed by atoms with Gasteiger partial charge >= 0.3 is 0 Å². The number of piperidine rings is 2. The van der Waals surface area contributed by atoms with E-state index in [1.54, 1.807) is 0 Å². The molecule has 0 amide bonds. The van der Waals surface area contributed by atoms with Crippen molar-refractivity contribution in [2.24, 2.45) is 5.73 Å². The predicted molar refractivity (Wildman–Crippen MR) is 77.8 cm³/mol. The first-order valence-electron chi connectivity index (χ1n) is 8.01. The van der Waals surface area contributed by atoms with Crippen LogP contribution in [0, 0.1) is 0 Å². The second kappa shape index (κ2) is 7.46. The number of likely N-dealkylation sites (tertiary alicyclic amines) is 2. The largest absolute Gasteiger partial charge is 0.328 e. The fourth-order valence-corrected chi connectivity index (χ4v) is 3.34. The zero-order valence-corrected chi connectivity index (χ0v) is 12.1. The summed E-state index contributed by atoms with van der Waals surface area (Å²) < 4.78 is 0. The van der Waals surface area contributed by atoms with E-state index in [-0.39, 0.29) is 0 Å². The Morgan fingerprint density at radius 1 is 1.06 bits per heavy atom. The van der Waals surface area contributed by atoms with Crippen molar-refractivity contribution in [1.29, 1.82) is 0 Å². The van der Waals surface area contributed by atoms with E-state index in [1.165, 1.54) is 71.2 Å². The van der Waals surface area contributed by atoms with Gasteiger partial charge in [0.2, 0.25) is 0 Å². The van der Waals surface area contributed by atoms with E-state index < -0.39 is 0 Å². The van der Waals surface area contributed by atoms with Crippen LogP contribution in [0.3, 0.4) is 0 Å². The second-order valence-corrected chi connectivity index (χ2v) is 6.13. The van der Waals surface area contributed by atoms with E-state index >= 15 is 0 Å².